The SMILES string of the molecule is CC1OCCC1(C)NC(=O)CCCCCCN. The maximum atomic E-state index is 11.8. The highest BCUT2D eigenvalue weighted by Gasteiger charge is 2.37. The zero-order chi connectivity index (χ0) is 12.7. The van der Waals surface area contributed by atoms with Crippen LogP contribution in [0.4, 0.5) is 0 Å². The molecule has 1 aliphatic rings. The summed E-state index contributed by atoms with van der Waals surface area (Å²) >= 11 is 0. The molecule has 0 saturated carbocycles. The molecule has 0 spiro atoms. The van der Waals surface area contributed by atoms with Gasteiger partial charge in [-0.1, -0.05) is 12.8 Å². The minimum absolute atomic E-state index is 0.115. The fraction of sp³-hybridized carbons (Fsp3) is 0.923. The molecule has 2 atom stereocenters. The molecular weight excluding hydrogens is 216 g/mol. The quantitative estimate of drug-likeness (QED) is 0.666. The molecule has 1 heterocycles. The lowest BCUT2D eigenvalue weighted by Gasteiger charge is -2.28. The van der Waals surface area contributed by atoms with Crippen molar-refractivity contribution in [2.75, 3.05) is 13.2 Å². The summed E-state index contributed by atoms with van der Waals surface area (Å²) in [7, 11) is 0. The fourth-order valence-corrected chi connectivity index (χ4v) is 2.16. The number of hydrogen-bond acceptors (Lipinski definition) is 3. The molecule has 1 fully saturated rings. The largest absolute Gasteiger partial charge is 0.376 e. The van der Waals surface area contributed by atoms with E-state index in [2.05, 4.69) is 12.2 Å². The van der Waals surface area contributed by atoms with Gasteiger partial charge in [-0.3, -0.25) is 4.79 Å². The first-order valence-corrected chi connectivity index (χ1v) is 6.71. The van der Waals surface area contributed by atoms with Gasteiger partial charge >= 0.3 is 0 Å². The second-order valence-electron chi connectivity index (χ2n) is 5.18. The third kappa shape index (κ3) is 4.64. The van der Waals surface area contributed by atoms with Crippen LogP contribution < -0.4 is 11.1 Å². The molecule has 2 unspecified atom stereocenters. The normalized spacial score (nSPS) is 28.3. The van der Waals surface area contributed by atoms with Crippen molar-refractivity contribution < 1.29 is 9.53 Å². The molecule has 4 nitrogen and oxygen atoms in total. The number of carbonyl (C=O) groups is 1. The van der Waals surface area contributed by atoms with E-state index in [-0.39, 0.29) is 17.6 Å². The molecule has 100 valence electrons. The number of amides is 1. The topological polar surface area (TPSA) is 64.3 Å². The van der Waals surface area contributed by atoms with Gasteiger partial charge in [-0.25, -0.2) is 0 Å². The van der Waals surface area contributed by atoms with Gasteiger partial charge in [-0.05, 0) is 39.7 Å². The van der Waals surface area contributed by atoms with Crippen LogP contribution in [0.3, 0.4) is 0 Å². The van der Waals surface area contributed by atoms with Crippen LogP contribution in [0.15, 0.2) is 0 Å². The summed E-state index contributed by atoms with van der Waals surface area (Å²) < 4.78 is 5.50. The highest BCUT2D eigenvalue weighted by Crippen LogP contribution is 2.25. The zero-order valence-corrected chi connectivity index (χ0v) is 11.1. The highest BCUT2D eigenvalue weighted by molar-refractivity contribution is 5.76. The van der Waals surface area contributed by atoms with Crippen LogP contribution in [0, 0.1) is 0 Å². The summed E-state index contributed by atoms with van der Waals surface area (Å²) in [6.45, 7) is 5.58. The van der Waals surface area contributed by atoms with Crippen LogP contribution in [0.25, 0.3) is 0 Å². The van der Waals surface area contributed by atoms with Gasteiger partial charge in [0.05, 0.1) is 11.6 Å². The first kappa shape index (κ1) is 14.5. The average Bonchev–Trinajstić information content (AvgIpc) is 2.58. The van der Waals surface area contributed by atoms with Gasteiger partial charge < -0.3 is 15.8 Å². The Morgan fingerprint density at radius 2 is 2.12 bits per heavy atom. The van der Waals surface area contributed by atoms with Gasteiger partial charge in [0.1, 0.15) is 0 Å². The van der Waals surface area contributed by atoms with Gasteiger partial charge in [-0.15, -0.1) is 0 Å². The van der Waals surface area contributed by atoms with E-state index in [1.54, 1.807) is 0 Å². The Hall–Kier alpha value is -0.610. The Balaban J connectivity index is 2.16. The van der Waals surface area contributed by atoms with E-state index in [4.69, 9.17) is 10.5 Å². The Morgan fingerprint density at radius 3 is 2.71 bits per heavy atom. The minimum atomic E-state index is -0.172. The summed E-state index contributed by atoms with van der Waals surface area (Å²) in [5, 5.41) is 3.11. The minimum Gasteiger partial charge on any atom is -0.376 e. The van der Waals surface area contributed by atoms with Crippen LogP contribution >= 0.6 is 0 Å². The standard InChI is InChI=1S/C13H26N2O2/c1-11-13(2,8-10-17-11)15-12(16)7-5-3-4-6-9-14/h11H,3-10,14H2,1-2H3,(H,15,16). The number of ether oxygens (including phenoxy) is 1. The number of nitrogens with two attached hydrogens (primary N) is 1. The van der Waals surface area contributed by atoms with Crippen LogP contribution in [-0.2, 0) is 9.53 Å². The molecule has 0 aromatic carbocycles. The number of nitrogens with one attached hydrogen (secondary N) is 1. The summed E-state index contributed by atoms with van der Waals surface area (Å²) in [5.41, 5.74) is 5.25. The fourth-order valence-electron chi connectivity index (χ4n) is 2.16. The van der Waals surface area contributed by atoms with E-state index in [1.165, 1.54) is 0 Å². The summed E-state index contributed by atoms with van der Waals surface area (Å²) in [6.07, 6.45) is 5.87. The monoisotopic (exact) mass is 242 g/mol. The highest BCUT2D eigenvalue weighted by atomic mass is 16.5. The van der Waals surface area contributed by atoms with E-state index < -0.39 is 0 Å². The van der Waals surface area contributed by atoms with Crippen molar-refractivity contribution >= 4 is 5.91 Å². The van der Waals surface area contributed by atoms with E-state index in [1.807, 2.05) is 6.92 Å². The van der Waals surface area contributed by atoms with Gasteiger partial charge in [0, 0.05) is 13.0 Å². The molecule has 0 aliphatic carbocycles. The molecule has 4 heteroatoms. The van der Waals surface area contributed by atoms with Crippen molar-refractivity contribution in [1.82, 2.24) is 5.32 Å². The Kier molecular flexibility index (Phi) is 5.92. The third-order valence-electron chi connectivity index (χ3n) is 3.67. The van der Waals surface area contributed by atoms with Gasteiger partial charge in [-0.2, -0.15) is 0 Å². The average molecular weight is 242 g/mol. The second-order valence-corrected chi connectivity index (χ2v) is 5.18. The van der Waals surface area contributed by atoms with Crippen molar-refractivity contribution in [3.63, 3.8) is 0 Å². The number of rotatable bonds is 7. The molecule has 0 radical (unpaired) electrons. The molecule has 0 aromatic heterocycles. The van der Waals surface area contributed by atoms with Crippen LogP contribution in [0.1, 0.15) is 52.4 Å². The Bertz CT molecular complexity index is 246. The summed E-state index contributed by atoms with van der Waals surface area (Å²) in [4.78, 5) is 11.8. The maximum Gasteiger partial charge on any atom is 0.220 e. The predicted molar refractivity (Wildman–Crippen MR) is 68.7 cm³/mol. The number of carbonyl (C=O) groups excluding carboxylic acids is 1. The van der Waals surface area contributed by atoms with Crippen LogP contribution in [0.5, 0.6) is 0 Å². The third-order valence-corrected chi connectivity index (χ3v) is 3.67. The predicted octanol–water partition coefficient (Wildman–Crippen LogP) is 1.58. The smallest absolute Gasteiger partial charge is 0.220 e. The molecular formula is C13H26N2O2. The first-order valence-electron chi connectivity index (χ1n) is 6.71. The van der Waals surface area contributed by atoms with E-state index in [9.17, 15) is 4.79 Å². The molecule has 1 amide bonds. The lowest BCUT2D eigenvalue weighted by molar-refractivity contribution is -0.123. The molecule has 1 saturated heterocycles. The number of unbranched alkanes of at least 4 members (excludes halogenated alkanes) is 3. The molecule has 3 N–H and O–H groups in total. The van der Waals surface area contributed by atoms with Crippen molar-refractivity contribution in [3.05, 3.63) is 0 Å². The zero-order valence-electron chi connectivity index (χ0n) is 11.1. The van der Waals surface area contributed by atoms with Gasteiger partial charge in [0.2, 0.25) is 5.91 Å². The van der Waals surface area contributed by atoms with Crippen molar-refractivity contribution in [1.29, 1.82) is 0 Å². The van der Waals surface area contributed by atoms with E-state index in [0.717, 1.165) is 45.3 Å². The second kappa shape index (κ2) is 6.97. The molecule has 0 aromatic rings. The Labute approximate surface area is 104 Å². The van der Waals surface area contributed by atoms with Crippen LogP contribution in [-0.4, -0.2) is 30.7 Å². The molecule has 1 aliphatic heterocycles. The van der Waals surface area contributed by atoms with Crippen LogP contribution in [0.2, 0.25) is 0 Å². The molecule has 1 rings (SSSR count). The van der Waals surface area contributed by atoms with E-state index in [0.29, 0.717) is 6.42 Å². The van der Waals surface area contributed by atoms with Crippen molar-refractivity contribution in [2.24, 2.45) is 5.73 Å². The first-order chi connectivity index (χ1) is 8.08. The lowest BCUT2D eigenvalue weighted by atomic mass is 9.94. The molecule has 0 bridgehead atoms. The van der Waals surface area contributed by atoms with E-state index >= 15 is 0 Å². The van der Waals surface area contributed by atoms with Gasteiger partial charge in [0.25, 0.3) is 0 Å². The van der Waals surface area contributed by atoms with Crippen molar-refractivity contribution in [3.8, 4) is 0 Å². The number of hydrogen-bond donors (Lipinski definition) is 2. The van der Waals surface area contributed by atoms with Gasteiger partial charge in [0.15, 0.2) is 0 Å². The van der Waals surface area contributed by atoms with Crippen molar-refractivity contribution in [2.45, 2.75) is 64.0 Å². The maximum absolute atomic E-state index is 11.8. The molecule has 17 heavy (non-hydrogen) atoms. The summed E-state index contributed by atoms with van der Waals surface area (Å²) in [6, 6.07) is 0. The summed E-state index contributed by atoms with van der Waals surface area (Å²) in [5.74, 6) is 0.151. The Morgan fingerprint density at radius 1 is 1.41 bits per heavy atom. The lowest BCUT2D eigenvalue weighted by Crippen LogP contribution is -2.50.